The van der Waals surface area contributed by atoms with Crippen LogP contribution in [-0.2, 0) is 14.3 Å². The van der Waals surface area contributed by atoms with Crippen molar-refractivity contribution in [1.29, 1.82) is 0 Å². The molecule has 0 fully saturated rings. The minimum Gasteiger partial charge on any atom is -0.547 e. The molecule has 0 aromatic heterocycles. The molecule has 0 aliphatic rings. The maximum atomic E-state index is 11.3. The summed E-state index contributed by atoms with van der Waals surface area (Å²) in [6.45, 7) is 3.18. The molecular weight excluding hydrogens is 654 g/mol. The smallest absolute Gasteiger partial charge is 0.547 e. The van der Waals surface area contributed by atoms with Crippen molar-refractivity contribution in [3.8, 4) is 5.75 Å². The van der Waals surface area contributed by atoms with Crippen molar-refractivity contribution in [2.75, 3.05) is 18.5 Å². The van der Waals surface area contributed by atoms with E-state index in [0.29, 0.717) is 11.4 Å². The SMILES string of the molecule is CC(=O)Nc1c(I)cc(I)c(OCCOC(C)C(=O)[O-])c1I.[Na+]. The van der Waals surface area contributed by atoms with Crippen LogP contribution in [0.15, 0.2) is 6.07 Å². The van der Waals surface area contributed by atoms with E-state index >= 15 is 0 Å². The molecule has 23 heavy (non-hydrogen) atoms. The van der Waals surface area contributed by atoms with E-state index in [-0.39, 0.29) is 48.7 Å². The van der Waals surface area contributed by atoms with Crippen LogP contribution in [0.5, 0.6) is 5.75 Å². The minimum absolute atomic E-state index is 0. The summed E-state index contributed by atoms with van der Waals surface area (Å²) in [5, 5.41) is 13.3. The molecule has 1 N–H and O–H groups in total. The number of anilines is 1. The molecule has 1 aromatic rings. The summed E-state index contributed by atoms with van der Waals surface area (Å²) in [6, 6.07) is 1.90. The van der Waals surface area contributed by atoms with Crippen molar-refractivity contribution in [2.45, 2.75) is 20.0 Å². The molecule has 1 atom stereocenters. The summed E-state index contributed by atoms with van der Waals surface area (Å²) >= 11 is 6.40. The Hall–Kier alpha value is 1.11. The molecule has 0 radical (unpaired) electrons. The Labute approximate surface area is 197 Å². The van der Waals surface area contributed by atoms with Gasteiger partial charge in [0.2, 0.25) is 5.91 Å². The average Bonchev–Trinajstić information content (AvgIpc) is 2.41. The van der Waals surface area contributed by atoms with Gasteiger partial charge in [-0.25, -0.2) is 0 Å². The van der Waals surface area contributed by atoms with Crippen molar-refractivity contribution in [2.24, 2.45) is 0 Å². The zero-order valence-electron chi connectivity index (χ0n) is 12.7. The first-order valence-corrected chi connectivity index (χ1v) is 9.38. The Morgan fingerprint density at radius 2 is 1.87 bits per heavy atom. The molecular formula is C13H13I3NNaO5. The number of carbonyl (C=O) groups is 2. The third-order valence-corrected chi connectivity index (χ3v) is 5.14. The van der Waals surface area contributed by atoms with Crippen LogP contribution in [0.2, 0.25) is 0 Å². The van der Waals surface area contributed by atoms with E-state index in [1.54, 1.807) is 0 Å². The Balaban J connectivity index is 0.00000484. The Morgan fingerprint density at radius 3 is 2.39 bits per heavy atom. The predicted octanol–water partition coefficient (Wildman–Crippen LogP) is -1.00. The van der Waals surface area contributed by atoms with Crippen LogP contribution in [0.1, 0.15) is 13.8 Å². The number of nitrogens with one attached hydrogen (secondary N) is 1. The van der Waals surface area contributed by atoms with Crippen molar-refractivity contribution < 1.29 is 53.7 Å². The molecule has 0 aliphatic carbocycles. The molecule has 0 aliphatic heterocycles. The van der Waals surface area contributed by atoms with Crippen LogP contribution in [0.4, 0.5) is 5.69 Å². The molecule has 0 bridgehead atoms. The largest absolute Gasteiger partial charge is 1.00 e. The summed E-state index contributed by atoms with van der Waals surface area (Å²) < 4.78 is 13.3. The molecule has 6 nitrogen and oxygen atoms in total. The van der Waals surface area contributed by atoms with Crippen LogP contribution in [0, 0.1) is 10.7 Å². The number of carboxylic acids is 1. The number of carboxylic acid groups (broad SMARTS) is 1. The fourth-order valence-electron chi connectivity index (χ4n) is 1.43. The molecule has 0 saturated carbocycles. The molecule has 0 saturated heterocycles. The fraction of sp³-hybridized carbons (Fsp3) is 0.385. The van der Waals surface area contributed by atoms with Crippen LogP contribution >= 0.6 is 67.8 Å². The summed E-state index contributed by atoms with van der Waals surface area (Å²) in [5.74, 6) is -0.782. The van der Waals surface area contributed by atoms with E-state index in [2.05, 4.69) is 73.1 Å². The third-order valence-electron chi connectivity index (χ3n) is 2.46. The Kier molecular flexibility index (Phi) is 12.2. The summed E-state index contributed by atoms with van der Waals surface area (Å²) in [5.41, 5.74) is 0.702. The van der Waals surface area contributed by atoms with E-state index < -0.39 is 12.1 Å². The predicted molar refractivity (Wildman–Crippen MR) is 105 cm³/mol. The maximum absolute atomic E-state index is 11.3. The molecule has 1 aromatic carbocycles. The van der Waals surface area contributed by atoms with E-state index in [1.807, 2.05) is 6.07 Å². The van der Waals surface area contributed by atoms with Crippen molar-refractivity contribution in [1.82, 2.24) is 0 Å². The first kappa shape index (κ1) is 24.1. The number of rotatable bonds is 7. The first-order valence-electron chi connectivity index (χ1n) is 6.14. The van der Waals surface area contributed by atoms with Crippen molar-refractivity contribution in [3.63, 3.8) is 0 Å². The Bertz CT molecular complexity index is 585. The molecule has 0 spiro atoms. The van der Waals surface area contributed by atoms with Crippen LogP contribution in [0.3, 0.4) is 0 Å². The normalized spacial score (nSPS) is 11.3. The van der Waals surface area contributed by atoms with E-state index in [0.717, 1.165) is 10.7 Å². The number of benzene rings is 1. The number of aliphatic carboxylic acids is 1. The number of hydrogen-bond acceptors (Lipinski definition) is 5. The average molecular weight is 667 g/mol. The zero-order chi connectivity index (χ0) is 16.9. The van der Waals surface area contributed by atoms with Gasteiger partial charge in [-0.1, -0.05) is 0 Å². The van der Waals surface area contributed by atoms with Gasteiger partial charge in [-0.15, -0.1) is 0 Å². The van der Waals surface area contributed by atoms with Crippen LogP contribution in [0.25, 0.3) is 0 Å². The second-order valence-electron chi connectivity index (χ2n) is 4.22. The Morgan fingerprint density at radius 1 is 1.26 bits per heavy atom. The van der Waals surface area contributed by atoms with Gasteiger partial charge in [-0.3, -0.25) is 4.79 Å². The van der Waals surface area contributed by atoms with Crippen LogP contribution in [-0.4, -0.2) is 31.2 Å². The van der Waals surface area contributed by atoms with E-state index in [4.69, 9.17) is 9.47 Å². The quantitative estimate of drug-likeness (QED) is 0.229. The number of carbonyl (C=O) groups excluding carboxylic acids is 2. The van der Waals surface area contributed by atoms with E-state index in [9.17, 15) is 14.7 Å². The van der Waals surface area contributed by atoms with Gasteiger partial charge in [0.05, 0.1) is 31.5 Å². The van der Waals surface area contributed by atoms with Gasteiger partial charge in [0, 0.05) is 10.5 Å². The van der Waals surface area contributed by atoms with Gasteiger partial charge < -0.3 is 24.7 Å². The van der Waals surface area contributed by atoms with Gasteiger partial charge in [-0.2, -0.15) is 0 Å². The molecule has 1 unspecified atom stereocenters. The van der Waals surface area contributed by atoms with Gasteiger partial charge in [0.25, 0.3) is 0 Å². The third kappa shape index (κ3) is 7.90. The summed E-state index contributed by atoms with van der Waals surface area (Å²) in [4.78, 5) is 21.8. The maximum Gasteiger partial charge on any atom is 1.00 e. The van der Waals surface area contributed by atoms with Crippen molar-refractivity contribution >= 4 is 85.3 Å². The fourth-order valence-corrected chi connectivity index (χ4v) is 5.38. The van der Waals surface area contributed by atoms with Gasteiger partial charge >= 0.3 is 29.6 Å². The second kappa shape index (κ2) is 11.7. The topological polar surface area (TPSA) is 87.7 Å². The number of amides is 1. The molecule has 0 heterocycles. The van der Waals surface area contributed by atoms with Gasteiger partial charge in [-0.05, 0) is 80.8 Å². The zero-order valence-corrected chi connectivity index (χ0v) is 21.2. The molecule has 122 valence electrons. The molecule has 10 heteroatoms. The molecule has 1 amide bonds. The van der Waals surface area contributed by atoms with Gasteiger partial charge in [0.15, 0.2) is 0 Å². The molecule has 1 rings (SSSR count). The number of ether oxygens (including phenoxy) is 2. The monoisotopic (exact) mass is 667 g/mol. The number of hydrogen-bond donors (Lipinski definition) is 1. The second-order valence-corrected chi connectivity index (χ2v) is 7.62. The van der Waals surface area contributed by atoms with Crippen molar-refractivity contribution in [3.05, 3.63) is 16.8 Å². The summed E-state index contributed by atoms with van der Waals surface area (Å²) in [7, 11) is 0. The minimum atomic E-state index is -1.26. The van der Waals surface area contributed by atoms with Crippen LogP contribution < -0.4 is 44.7 Å². The summed E-state index contributed by atoms with van der Waals surface area (Å²) in [6.07, 6.45) is -0.978. The van der Waals surface area contributed by atoms with Gasteiger partial charge in [0.1, 0.15) is 12.4 Å². The van der Waals surface area contributed by atoms with E-state index in [1.165, 1.54) is 13.8 Å². The first-order chi connectivity index (χ1) is 10.2. The standard InChI is InChI=1S/C13H14I3NO5.Na/c1-6(13(19)20)21-3-4-22-12-9(15)5-8(14)11(10(12)16)17-7(2)18;/h5-6H,3-4H2,1-2H3,(H,17,18)(H,19,20);/q;+1/p-1. The number of halogens is 3.